The van der Waals surface area contributed by atoms with Crippen LogP contribution in [0, 0.1) is 0 Å². The maximum absolute atomic E-state index is 6.04. The van der Waals surface area contributed by atoms with E-state index in [1.807, 2.05) is 18.2 Å². The van der Waals surface area contributed by atoms with Crippen molar-refractivity contribution in [3.05, 3.63) is 68.7 Å². The third kappa shape index (κ3) is 2.79. The van der Waals surface area contributed by atoms with E-state index in [-0.39, 0.29) is 6.04 Å². The molecule has 19 heavy (non-hydrogen) atoms. The lowest BCUT2D eigenvalue weighted by molar-refractivity contribution is 0.721. The highest BCUT2D eigenvalue weighted by Crippen LogP contribution is 2.26. The molecule has 1 aliphatic carbocycles. The molecule has 1 unspecified atom stereocenters. The third-order valence-corrected chi connectivity index (χ3v) is 4.37. The van der Waals surface area contributed by atoms with Crippen molar-refractivity contribution in [3.8, 4) is 0 Å². The van der Waals surface area contributed by atoms with Gasteiger partial charge < -0.3 is 5.73 Å². The second kappa shape index (κ2) is 5.16. The van der Waals surface area contributed by atoms with Crippen LogP contribution in [0.4, 0.5) is 0 Å². The summed E-state index contributed by atoms with van der Waals surface area (Å²) in [7, 11) is 0. The molecule has 0 heterocycles. The Balaban J connectivity index is 1.84. The van der Waals surface area contributed by atoms with Crippen LogP contribution in [-0.2, 0) is 19.3 Å². The van der Waals surface area contributed by atoms with Crippen LogP contribution in [0.3, 0.4) is 0 Å². The minimum Gasteiger partial charge on any atom is -0.327 e. The Morgan fingerprint density at radius 1 is 0.895 bits per heavy atom. The monoisotopic (exact) mass is 291 g/mol. The fraction of sp³-hybridized carbons (Fsp3) is 0.250. The number of benzene rings is 2. The van der Waals surface area contributed by atoms with Gasteiger partial charge in [-0.3, -0.25) is 0 Å². The first-order valence-electron chi connectivity index (χ1n) is 6.42. The van der Waals surface area contributed by atoms with E-state index < -0.39 is 0 Å². The van der Waals surface area contributed by atoms with E-state index in [0.717, 1.165) is 19.3 Å². The molecule has 0 radical (unpaired) electrons. The molecular weight excluding hydrogens is 277 g/mol. The van der Waals surface area contributed by atoms with Gasteiger partial charge in [-0.1, -0.05) is 47.5 Å². The molecule has 0 amide bonds. The molecule has 0 saturated carbocycles. The summed E-state index contributed by atoms with van der Waals surface area (Å²) >= 11 is 12.0. The van der Waals surface area contributed by atoms with Crippen molar-refractivity contribution in [2.24, 2.45) is 5.73 Å². The normalized spacial score (nSPS) is 17.5. The molecule has 0 saturated heterocycles. The van der Waals surface area contributed by atoms with Crippen LogP contribution in [-0.4, -0.2) is 6.04 Å². The lowest BCUT2D eigenvalue weighted by Gasteiger charge is -2.06. The lowest BCUT2D eigenvalue weighted by atomic mass is 10.0. The maximum Gasteiger partial charge on any atom is 0.0595 e. The molecule has 2 aromatic rings. The second-order valence-corrected chi connectivity index (χ2v) is 6.01. The van der Waals surface area contributed by atoms with Crippen LogP contribution in [0.25, 0.3) is 0 Å². The lowest BCUT2D eigenvalue weighted by Crippen LogP contribution is -2.18. The topological polar surface area (TPSA) is 26.0 Å². The molecule has 0 fully saturated rings. The van der Waals surface area contributed by atoms with Gasteiger partial charge in [0.15, 0.2) is 0 Å². The first kappa shape index (κ1) is 13.0. The second-order valence-electron chi connectivity index (χ2n) is 5.20. The predicted octanol–water partition coefficient (Wildman–Crippen LogP) is 4.01. The number of hydrogen-bond donors (Lipinski definition) is 1. The molecular formula is C16H15Cl2N. The van der Waals surface area contributed by atoms with E-state index >= 15 is 0 Å². The highest BCUT2D eigenvalue weighted by molar-refractivity contribution is 6.42. The number of nitrogens with two attached hydrogens (primary N) is 1. The molecule has 3 rings (SSSR count). The Hall–Kier alpha value is -1.02. The molecule has 98 valence electrons. The molecule has 1 nitrogen and oxygen atoms in total. The van der Waals surface area contributed by atoms with E-state index in [0.29, 0.717) is 10.0 Å². The van der Waals surface area contributed by atoms with Gasteiger partial charge in [0.25, 0.3) is 0 Å². The zero-order valence-corrected chi connectivity index (χ0v) is 12.0. The molecule has 0 spiro atoms. The zero-order valence-electron chi connectivity index (χ0n) is 10.5. The Bertz CT molecular complexity index is 622. The molecule has 1 aliphatic rings. The highest BCUT2D eigenvalue weighted by atomic mass is 35.5. The van der Waals surface area contributed by atoms with Crippen molar-refractivity contribution in [2.45, 2.75) is 25.3 Å². The average molecular weight is 292 g/mol. The highest BCUT2D eigenvalue weighted by Gasteiger charge is 2.17. The average Bonchev–Trinajstić information content (AvgIpc) is 2.73. The molecule has 2 N–H and O–H groups in total. The molecule has 2 aromatic carbocycles. The van der Waals surface area contributed by atoms with E-state index in [1.54, 1.807) is 0 Å². The van der Waals surface area contributed by atoms with Crippen molar-refractivity contribution >= 4 is 23.2 Å². The maximum atomic E-state index is 6.04. The van der Waals surface area contributed by atoms with Gasteiger partial charge in [-0.25, -0.2) is 0 Å². The Kier molecular flexibility index (Phi) is 3.53. The molecule has 0 aliphatic heterocycles. The summed E-state index contributed by atoms with van der Waals surface area (Å²) < 4.78 is 0. The summed E-state index contributed by atoms with van der Waals surface area (Å²) in [4.78, 5) is 0. The quantitative estimate of drug-likeness (QED) is 0.889. The molecule has 1 atom stereocenters. The van der Waals surface area contributed by atoms with Crippen molar-refractivity contribution in [3.63, 3.8) is 0 Å². The fourth-order valence-electron chi connectivity index (χ4n) is 2.70. The number of fused-ring (bicyclic) bond motifs is 1. The van der Waals surface area contributed by atoms with Crippen LogP contribution < -0.4 is 5.73 Å². The van der Waals surface area contributed by atoms with Gasteiger partial charge in [0.2, 0.25) is 0 Å². The van der Waals surface area contributed by atoms with E-state index in [9.17, 15) is 0 Å². The van der Waals surface area contributed by atoms with Gasteiger partial charge in [0.05, 0.1) is 10.0 Å². The summed E-state index contributed by atoms with van der Waals surface area (Å²) in [6.45, 7) is 0. The smallest absolute Gasteiger partial charge is 0.0595 e. The molecule has 3 heteroatoms. The Morgan fingerprint density at radius 2 is 1.58 bits per heavy atom. The number of hydrogen-bond acceptors (Lipinski definition) is 1. The van der Waals surface area contributed by atoms with Gasteiger partial charge in [0.1, 0.15) is 0 Å². The van der Waals surface area contributed by atoms with Crippen LogP contribution >= 0.6 is 23.2 Å². The zero-order chi connectivity index (χ0) is 13.4. The fourth-order valence-corrected chi connectivity index (χ4v) is 3.02. The van der Waals surface area contributed by atoms with Gasteiger partial charge >= 0.3 is 0 Å². The Morgan fingerprint density at radius 3 is 2.37 bits per heavy atom. The SMILES string of the molecule is NC1Cc2ccc(Cc3ccc(Cl)c(Cl)c3)cc2C1. The van der Waals surface area contributed by atoms with Crippen molar-refractivity contribution in [1.29, 1.82) is 0 Å². The largest absolute Gasteiger partial charge is 0.327 e. The minimum atomic E-state index is 0.287. The third-order valence-electron chi connectivity index (χ3n) is 3.63. The van der Waals surface area contributed by atoms with E-state index in [1.165, 1.54) is 22.3 Å². The van der Waals surface area contributed by atoms with Gasteiger partial charge in [0, 0.05) is 6.04 Å². The van der Waals surface area contributed by atoms with Crippen LogP contribution in [0.15, 0.2) is 36.4 Å². The number of halogens is 2. The summed E-state index contributed by atoms with van der Waals surface area (Å²) in [5, 5.41) is 1.22. The predicted molar refractivity (Wildman–Crippen MR) is 81.1 cm³/mol. The summed E-state index contributed by atoms with van der Waals surface area (Å²) in [5.74, 6) is 0. The van der Waals surface area contributed by atoms with Crippen molar-refractivity contribution < 1.29 is 0 Å². The summed E-state index contributed by atoms with van der Waals surface area (Å²) in [6.07, 6.45) is 2.87. The van der Waals surface area contributed by atoms with Crippen molar-refractivity contribution in [1.82, 2.24) is 0 Å². The van der Waals surface area contributed by atoms with Gasteiger partial charge in [-0.15, -0.1) is 0 Å². The molecule has 0 aromatic heterocycles. The minimum absolute atomic E-state index is 0.287. The summed E-state index contributed by atoms with van der Waals surface area (Å²) in [6, 6.07) is 12.7. The van der Waals surface area contributed by atoms with Crippen LogP contribution in [0.5, 0.6) is 0 Å². The number of rotatable bonds is 2. The van der Waals surface area contributed by atoms with E-state index in [2.05, 4.69) is 18.2 Å². The Labute approximate surface area is 123 Å². The summed E-state index contributed by atoms with van der Waals surface area (Å²) in [5.41, 5.74) is 11.3. The first-order valence-corrected chi connectivity index (χ1v) is 7.17. The van der Waals surface area contributed by atoms with E-state index in [4.69, 9.17) is 28.9 Å². The van der Waals surface area contributed by atoms with Gasteiger partial charge in [-0.05, 0) is 53.6 Å². The molecule has 0 bridgehead atoms. The standard InChI is InChI=1S/C16H15Cl2N/c17-15-4-2-11(7-16(15)18)5-10-1-3-12-8-14(19)9-13(12)6-10/h1-4,6-7,14H,5,8-9,19H2. The van der Waals surface area contributed by atoms with Gasteiger partial charge in [-0.2, -0.15) is 0 Å². The van der Waals surface area contributed by atoms with Crippen LogP contribution in [0.2, 0.25) is 10.0 Å². The first-order chi connectivity index (χ1) is 9.11. The van der Waals surface area contributed by atoms with Crippen LogP contribution in [0.1, 0.15) is 22.3 Å². The van der Waals surface area contributed by atoms with Crippen molar-refractivity contribution in [2.75, 3.05) is 0 Å².